The minimum Gasteiger partial charge on any atom is -0.455 e. The molecule has 0 unspecified atom stereocenters. The van der Waals surface area contributed by atoms with Gasteiger partial charge in [-0.2, -0.15) is 0 Å². The van der Waals surface area contributed by atoms with Crippen LogP contribution in [0.1, 0.15) is 30.5 Å². The van der Waals surface area contributed by atoms with Crippen molar-refractivity contribution in [1.29, 1.82) is 0 Å². The van der Waals surface area contributed by atoms with Gasteiger partial charge in [0.15, 0.2) is 17.5 Å². The quantitative estimate of drug-likeness (QED) is 0.156. The monoisotopic (exact) mass is 870 g/mol. The van der Waals surface area contributed by atoms with E-state index in [0.717, 1.165) is 86.2 Å². The summed E-state index contributed by atoms with van der Waals surface area (Å²) in [7, 11) is 0. The summed E-state index contributed by atoms with van der Waals surface area (Å²) in [4.78, 5) is 15.8. The highest BCUT2D eigenvalue weighted by atomic mass is 16.3. The van der Waals surface area contributed by atoms with Crippen LogP contribution in [0.3, 0.4) is 0 Å². The number of benzene rings is 9. The minimum atomic E-state index is 0.566. The van der Waals surface area contributed by atoms with Crippen LogP contribution in [0.2, 0.25) is 0 Å². The lowest BCUT2D eigenvalue weighted by Gasteiger charge is -2.21. The highest BCUT2D eigenvalue weighted by Crippen LogP contribution is 2.44. The van der Waals surface area contributed by atoms with E-state index in [1.54, 1.807) is 0 Å². The lowest BCUT2D eigenvalue weighted by molar-refractivity contribution is 0.669. The van der Waals surface area contributed by atoms with Crippen LogP contribution >= 0.6 is 0 Å². The zero-order valence-corrected chi connectivity index (χ0v) is 37.2. The average Bonchev–Trinajstić information content (AvgIpc) is 3.96. The van der Waals surface area contributed by atoms with E-state index in [-0.39, 0.29) is 0 Å². The molecular formula is C63H42N4O. The van der Waals surface area contributed by atoms with E-state index in [9.17, 15) is 0 Å². The molecule has 0 N–H and O–H groups in total. The molecule has 0 atom stereocenters. The third-order valence-electron chi connectivity index (χ3n) is 14.2. The molecule has 3 aromatic heterocycles. The fourth-order valence-electron chi connectivity index (χ4n) is 11.1. The first-order valence-corrected chi connectivity index (χ1v) is 23.6. The second-order valence-electron chi connectivity index (χ2n) is 18.1. The van der Waals surface area contributed by atoms with Gasteiger partial charge in [0.25, 0.3) is 0 Å². The van der Waals surface area contributed by atoms with Crippen LogP contribution in [0.25, 0.3) is 122 Å². The molecule has 2 aliphatic rings. The molecule has 3 heterocycles. The smallest absolute Gasteiger partial charge is 0.167 e. The summed E-state index contributed by atoms with van der Waals surface area (Å²) in [6.45, 7) is 0. The first kappa shape index (κ1) is 38.6. The molecule has 0 fully saturated rings. The number of fused-ring (bicyclic) bond motifs is 12. The number of para-hydroxylation sites is 2. The summed E-state index contributed by atoms with van der Waals surface area (Å²) in [5.74, 6) is 1.78. The number of allylic oxidation sites excluding steroid dienone is 5. The summed E-state index contributed by atoms with van der Waals surface area (Å²) in [5, 5.41) is 10.4. The van der Waals surface area contributed by atoms with E-state index in [0.29, 0.717) is 17.5 Å². The van der Waals surface area contributed by atoms with Gasteiger partial charge in [-0.25, -0.2) is 15.0 Å². The maximum atomic E-state index is 6.56. The minimum absolute atomic E-state index is 0.566. The number of nitrogens with zero attached hydrogens (tertiary/aromatic N) is 4. The summed E-state index contributed by atoms with van der Waals surface area (Å²) in [6.07, 6.45) is 13.5. The predicted octanol–water partition coefficient (Wildman–Crippen LogP) is 16.4. The second kappa shape index (κ2) is 15.5. The Morgan fingerprint density at radius 3 is 1.94 bits per heavy atom. The number of aromatic nitrogens is 4. The van der Waals surface area contributed by atoms with Gasteiger partial charge >= 0.3 is 0 Å². The van der Waals surface area contributed by atoms with E-state index >= 15 is 0 Å². The fraction of sp³-hybridized carbons (Fsp3) is 0.0635. The Morgan fingerprint density at radius 1 is 0.441 bits per heavy atom. The van der Waals surface area contributed by atoms with E-state index < -0.39 is 0 Å². The number of furan rings is 1. The summed E-state index contributed by atoms with van der Waals surface area (Å²) in [6, 6.07) is 64.8. The molecule has 0 spiro atoms. The molecule has 0 bridgehead atoms. The van der Waals surface area contributed by atoms with Gasteiger partial charge in [0.2, 0.25) is 0 Å². The van der Waals surface area contributed by atoms with Gasteiger partial charge in [0.05, 0.1) is 11.1 Å². The molecule has 5 heteroatoms. The fourth-order valence-corrected chi connectivity index (χ4v) is 11.1. The SMILES string of the molecule is C1=CCCC(C2=Cc3c(n(-c4ccc5c6ccccc6c6c(-c7nc(-c8ccccc8)nc(-c8cccc9c8oc8ccccc89)n7)cccc6c5c4)c4ccc(-c5ccccc5)cc34)CC2)=C1. The van der Waals surface area contributed by atoms with Crippen molar-refractivity contribution in [3.8, 4) is 51.0 Å². The van der Waals surface area contributed by atoms with Crippen LogP contribution < -0.4 is 0 Å². The summed E-state index contributed by atoms with van der Waals surface area (Å²) >= 11 is 0. The summed E-state index contributed by atoms with van der Waals surface area (Å²) in [5.41, 5.74) is 14.7. The Morgan fingerprint density at radius 2 is 1.12 bits per heavy atom. The normalized spacial score (nSPS) is 13.8. The molecule has 0 amide bonds. The molecule has 14 rings (SSSR count). The van der Waals surface area contributed by atoms with Gasteiger partial charge < -0.3 is 8.98 Å². The van der Waals surface area contributed by atoms with Gasteiger partial charge in [-0.3, -0.25) is 0 Å². The van der Waals surface area contributed by atoms with Crippen molar-refractivity contribution in [2.75, 3.05) is 0 Å². The van der Waals surface area contributed by atoms with Gasteiger partial charge in [0, 0.05) is 49.6 Å². The van der Waals surface area contributed by atoms with Crippen molar-refractivity contribution in [3.63, 3.8) is 0 Å². The van der Waals surface area contributed by atoms with Gasteiger partial charge in [-0.15, -0.1) is 0 Å². The van der Waals surface area contributed by atoms with Gasteiger partial charge in [0.1, 0.15) is 11.2 Å². The molecule has 0 aliphatic heterocycles. The van der Waals surface area contributed by atoms with Crippen molar-refractivity contribution in [2.24, 2.45) is 0 Å². The Kier molecular flexibility index (Phi) is 8.78. The van der Waals surface area contributed by atoms with E-state index in [2.05, 4.69) is 174 Å². The average molecular weight is 871 g/mol. The van der Waals surface area contributed by atoms with Crippen LogP contribution in [0.4, 0.5) is 0 Å². The highest BCUT2D eigenvalue weighted by molar-refractivity contribution is 6.28. The first-order chi connectivity index (χ1) is 33.7. The Bertz CT molecular complexity index is 4130. The number of rotatable bonds is 6. The third kappa shape index (κ3) is 6.13. The second-order valence-corrected chi connectivity index (χ2v) is 18.1. The maximum Gasteiger partial charge on any atom is 0.167 e. The molecule has 0 saturated carbocycles. The van der Waals surface area contributed by atoms with Crippen LogP contribution in [0.15, 0.2) is 216 Å². The zero-order valence-electron chi connectivity index (χ0n) is 37.2. The van der Waals surface area contributed by atoms with Gasteiger partial charge in [-0.05, 0) is 117 Å². The number of hydrogen-bond acceptors (Lipinski definition) is 4. The van der Waals surface area contributed by atoms with Crippen molar-refractivity contribution in [2.45, 2.75) is 25.7 Å². The molecule has 12 aromatic rings. The molecule has 0 radical (unpaired) electrons. The Labute approximate surface area is 392 Å². The van der Waals surface area contributed by atoms with E-state index in [1.165, 1.54) is 60.6 Å². The lowest BCUT2D eigenvalue weighted by atomic mass is 9.87. The lowest BCUT2D eigenvalue weighted by Crippen LogP contribution is -2.07. The van der Waals surface area contributed by atoms with Crippen LogP contribution in [-0.2, 0) is 6.42 Å². The van der Waals surface area contributed by atoms with E-state index in [4.69, 9.17) is 19.4 Å². The molecular weight excluding hydrogens is 829 g/mol. The third-order valence-corrected chi connectivity index (χ3v) is 14.2. The summed E-state index contributed by atoms with van der Waals surface area (Å²) < 4.78 is 9.09. The maximum absolute atomic E-state index is 6.56. The molecule has 0 saturated heterocycles. The predicted molar refractivity (Wildman–Crippen MR) is 281 cm³/mol. The largest absolute Gasteiger partial charge is 0.455 e. The Hall–Kier alpha value is -8.67. The van der Waals surface area contributed by atoms with Crippen molar-refractivity contribution < 1.29 is 4.42 Å². The molecule has 2 aliphatic carbocycles. The first-order valence-electron chi connectivity index (χ1n) is 23.6. The molecule has 5 nitrogen and oxygen atoms in total. The van der Waals surface area contributed by atoms with Crippen LogP contribution in [0.5, 0.6) is 0 Å². The standard InChI is InChI=1S/C63H42N4O/c1-4-16-39(17-5-1)42-30-34-56-54(36-42)55-37-43(40-18-6-2-7-19-40)31-35-57(55)67(56)44-32-33-46-45-22-10-11-24-48(45)59-49(53(46)38-44)25-14-27-51(59)62-64-61(41-20-8-3-9-21-41)65-63(66-62)52-28-15-26-50-47-23-12-13-29-58(47)68-60(50)52/h1-6,8-18,20-30,32-34,36-38H,7,19,31,35H2. The molecule has 320 valence electrons. The van der Waals surface area contributed by atoms with Crippen molar-refractivity contribution >= 4 is 71.2 Å². The van der Waals surface area contributed by atoms with Crippen LogP contribution in [0, 0.1) is 0 Å². The Balaban J connectivity index is 1.00. The van der Waals surface area contributed by atoms with Crippen molar-refractivity contribution in [1.82, 2.24) is 19.5 Å². The zero-order chi connectivity index (χ0) is 44.7. The molecule has 68 heavy (non-hydrogen) atoms. The topological polar surface area (TPSA) is 56.7 Å². The van der Waals surface area contributed by atoms with Crippen molar-refractivity contribution in [3.05, 3.63) is 223 Å². The van der Waals surface area contributed by atoms with E-state index in [1.807, 2.05) is 36.4 Å². The number of hydrogen-bond donors (Lipinski definition) is 0. The van der Waals surface area contributed by atoms with Gasteiger partial charge in [-0.1, -0.05) is 164 Å². The van der Waals surface area contributed by atoms with Crippen LogP contribution in [-0.4, -0.2) is 19.5 Å². The highest BCUT2D eigenvalue weighted by Gasteiger charge is 2.25. The molecule has 9 aromatic carbocycles.